The number of unbranched alkanes of at least 4 members (excludes halogenated alkanes) is 10. The quantitative estimate of drug-likeness (QED) is 0.0482. The summed E-state index contributed by atoms with van der Waals surface area (Å²) in [5.74, 6) is -1.75. The smallest absolute Gasteiger partial charge is 0.310 e. The van der Waals surface area contributed by atoms with E-state index in [1.54, 1.807) is 28.4 Å². The molecule has 0 saturated carbocycles. The topological polar surface area (TPSA) is 64.6 Å². The van der Waals surface area contributed by atoms with E-state index in [1.807, 2.05) is 27.0 Å². The van der Waals surface area contributed by atoms with Gasteiger partial charge in [0.05, 0.1) is 0 Å². The van der Waals surface area contributed by atoms with Crippen LogP contribution in [-0.4, -0.2) is 72.2 Å². The molecule has 268 valence electrons. The molecule has 0 fully saturated rings. The normalized spacial score (nSPS) is 13.7. The molecule has 7 nitrogen and oxygen atoms in total. The summed E-state index contributed by atoms with van der Waals surface area (Å²) in [5, 5.41) is 0. The van der Waals surface area contributed by atoms with Gasteiger partial charge in [-0.05, 0) is 46.5 Å². The van der Waals surface area contributed by atoms with Crippen LogP contribution in [0.1, 0.15) is 158 Å². The molecule has 0 aromatic heterocycles. The van der Waals surface area contributed by atoms with Gasteiger partial charge in [-0.1, -0.05) is 117 Å². The van der Waals surface area contributed by atoms with Gasteiger partial charge in [-0.2, -0.15) is 0 Å². The standard InChI is InChI=1S/C19H40O3.C14H30O4.C4H8/c1-7-11-12-13-14-15-17-19(20-6,16-8-2)18(5,21-9-3)22-10-4;1-6-7-8-9-10-11-12-13(15-2)14(16-3,17-4)18-5;1-3-4-2/h7-17H2,1-6H3;13H,6-12H2,1-5H3;3H,1,4H2,2H3. The van der Waals surface area contributed by atoms with E-state index in [9.17, 15) is 0 Å². The number of methoxy groups -OCH3 is 5. The third-order valence-electron chi connectivity index (χ3n) is 8.29. The molecule has 0 radical (unpaired) electrons. The van der Waals surface area contributed by atoms with Crippen LogP contribution in [0, 0.1) is 0 Å². The molecule has 0 spiro atoms. The van der Waals surface area contributed by atoms with E-state index >= 15 is 0 Å². The molecular weight excluding hydrogens is 556 g/mol. The molecule has 0 heterocycles. The number of rotatable bonds is 28. The van der Waals surface area contributed by atoms with Gasteiger partial charge in [-0.3, -0.25) is 0 Å². The molecule has 0 aliphatic rings. The Bertz CT molecular complexity index is 568. The summed E-state index contributed by atoms with van der Waals surface area (Å²) in [5.41, 5.74) is -0.349. The third-order valence-corrected chi connectivity index (χ3v) is 8.29. The molecule has 0 amide bonds. The summed E-state index contributed by atoms with van der Waals surface area (Å²) in [6.45, 7) is 19.6. The monoisotopic (exact) mass is 635 g/mol. The Morgan fingerprint density at radius 3 is 1.34 bits per heavy atom. The zero-order valence-corrected chi connectivity index (χ0v) is 31.7. The summed E-state index contributed by atoms with van der Waals surface area (Å²) in [7, 11) is 8.18. The lowest BCUT2D eigenvalue weighted by molar-refractivity contribution is -0.392. The highest BCUT2D eigenvalue weighted by molar-refractivity contribution is 4.93. The van der Waals surface area contributed by atoms with Crippen LogP contribution in [0.2, 0.25) is 0 Å². The van der Waals surface area contributed by atoms with E-state index in [0.717, 1.165) is 38.5 Å². The molecule has 0 N–H and O–H groups in total. The van der Waals surface area contributed by atoms with Crippen molar-refractivity contribution in [3.63, 3.8) is 0 Å². The fourth-order valence-electron chi connectivity index (χ4n) is 5.61. The van der Waals surface area contributed by atoms with Crippen molar-refractivity contribution in [2.24, 2.45) is 0 Å². The molecule has 7 heteroatoms. The minimum atomic E-state index is -1.09. The van der Waals surface area contributed by atoms with Crippen molar-refractivity contribution in [3.8, 4) is 0 Å². The second kappa shape index (κ2) is 32.4. The van der Waals surface area contributed by atoms with Gasteiger partial charge in [0.25, 0.3) is 0 Å². The first-order chi connectivity index (χ1) is 21.2. The second-order valence-corrected chi connectivity index (χ2v) is 11.5. The summed E-state index contributed by atoms with van der Waals surface area (Å²) >= 11 is 0. The van der Waals surface area contributed by atoms with Gasteiger partial charge >= 0.3 is 5.97 Å². The maximum absolute atomic E-state index is 6.03. The van der Waals surface area contributed by atoms with Crippen molar-refractivity contribution in [1.29, 1.82) is 0 Å². The van der Waals surface area contributed by atoms with E-state index < -0.39 is 11.8 Å². The minimum absolute atomic E-state index is 0.205. The Balaban J connectivity index is -0.000000690. The molecule has 44 heavy (non-hydrogen) atoms. The molecule has 2 unspecified atom stereocenters. The summed E-state index contributed by atoms with van der Waals surface area (Å²) in [6, 6.07) is 0. The summed E-state index contributed by atoms with van der Waals surface area (Å²) < 4.78 is 39.5. The van der Waals surface area contributed by atoms with Gasteiger partial charge in [0.2, 0.25) is 0 Å². The highest BCUT2D eigenvalue weighted by atomic mass is 16.9. The number of ether oxygens (including phenoxy) is 7. The minimum Gasteiger partial charge on any atom is -0.373 e. The first-order valence-corrected chi connectivity index (χ1v) is 17.8. The molecule has 0 bridgehead atoms. The van der Waals surface area contributed by atoms with Gasteiger partial charge in [-0.25, -0.2) is 0 Å². The van der Waals surface area contributed by atoms with Crippen molar-refractivity contribution in [2.45, 2.75) is 181 Å². The SMILES string of the molecule is C=CCC.CCCCCCCCC(CCC)(OC)C(C)(OCC)OCC.CCCCCCCCC(OC)C(OC)(OC)OC. The van der Waals surface area contributed by atoms with E-state index in [4.69, 9.17) is 33.2 Å². The van der Waals surface area contributed by atoms with Crippen molar-refractivity contribution in [2.75, 3.05) is 48.8 Å². The van der Waals surface area contributed by atoms with Crippen LogP contribution in [0.5, 0.6) is 0 Å². The zero-order valence-electron chi connectivity index (χ0n) is 31.7. The maximum Gasteiger partial charge on any atom is 0.310 e. The van der Waals surface area contributed by atoms with Crippen LogP contribution in [0.25, 0.3) is 0 Å². The van der Waals surface area contributed by atoms with Crippen molar-refractivity contribution < 1.29 is 33.2 Å². The number of hydrogen-bond donors (Lipinski definition) is 0. The van der Waals surface area contributed by atoms with E-state index in [0.29, 0.717) is 13.2 Å². The molecule has 0 saturated heterocycles. The molecule has 0 rings (SSSR count). The predicted molar refractivity (Wildman–Crippen MR) is 187 cm³/mol. The fourth-order valence-corrected chi connectivity index (χ4v) is 5.61. The summed E-state index contributed by atoms with van der Waals surface area (Å²) in [4.78, 5) is 0. The lowest BCUT2D eigenvalue weighted by Crippen LogP contribution is -2.57. The predicted octanol–water partition coefficient (Wildman–Crippen LogP) is 10.6. The molecule has 0 aromatic rings. The molecule has 0 aliphatic carbocycles. The van der Waals surface area contributed by atoms with E-state index in [2.05, 4.69) is 41.2 Å². The highest BCUT2D eigenvalue weighted by Gasteiger charge is 2.49. The van der Waals surface area contributed by atoms with Crippen LogP contribution in [0.4, 0.5) is 0 Å². The molecule has 0 aliphatic heterocycles. The lowest BCUT2D eigenvalue weighted by atomic mass is 9.83. The average molecular weight is 635 g/mol. The number of allylic oxidation sites excluding steroid dienone is 1. The Hall–Kier alpha value is -0.540. The van der Waals surface area contributed by atoms with Crippen molar-refractivity contribution in [3.05, 3.63) is 12.7 Å². The Kier molecular flexibility index (Phi) is 35.2. The molecular formula is C37H78O7. The largest absolute Gasteiger partial charge is 0.373 e. The van der Waals surface area contributed by atoms with Gasteiger partial charge in [0.1, 0.15) is 11.7 Å². The van der Waals surface area contributed by atoms with Crippen LogP contribution < -0.4 is 0 Å². The maximum atomic E-state index is 6.03. The molecule has 0 aromatic carbocycles. The van der Waals surface area contributed by atoms with Gasteiger partial charge in [0.15, 0.2) is 5.79 Å². The summed E-state index contributed by atoms with van der Waals surface area (Å²) in [6.07, 6.45) is 21.9. The van der Waals surface area contributed by atoms with Gasteiger partial charge in [-0.15, -0.1) is 6.58 Å². The first-order valence-electron chi connectivity index (χ1n) is 17.8. The Morgan fingerprint density at radius 2 is 1.00 bits per heavy atom. The van der Waals surface area contributed by atoms with Crippen LogP contribution in [-0.2, 0) is 33.2 Å². The number of hydrogen-bond acceptors (Lipinski definition) is 7. The average Bonchev–Trinajstić information content (AvgIpc) is 3.04. The van der Waals surface area contributed by atoms with Crippen LogP contribution in [0.3, 0.4) is 0 Å². The van der Waals surface area contributed by atoms with E-state index in [-0.39, 0.29) is 11.7 Å². The Labute approximate surface area is 275 Å². The van der Waals surface area contributed by atoms with E-state index in [1.165, 1.54) is 70.6 Å². The van der Waals surface area contributed by atoms with Gasteiger partial charge in [0, 0.05) is 48.8 Å². The highest BCUT2D eigenvalue weighted by Crippen LogP contribution is 2.39. The Morgan fingerprint density at radius 1 is 0.568 bits per heavy atom. The van der Waals surface area contributed by atoms with Gasteiger partial charge < -0.3 is 33.2 Å². The third kappa shape index (κ3) is 19.9. The fraction of sp³-hybridized carbons (Fsp3) is 0.946. The first kappa shape index (κ1) is 47.9. The second-order valence-electron chi connectivity index (χ2n) is 11.5. The van der Waals surface area contributed by atoms with Crippen LogP contribution >= 0.6 is 0 Å². The lowest BCUT2D eigenvalue weighted by Gasteiger charge is -2.47. The van der Waals surface area contributed by atoms with Crippen LogP contribution in [0.15, 0.2) is 12.7 Å². The van der Waals surface area contributed by atoms with Crippen molar-refractivity contribution in [1.82, 2.24) is 0 Å². The van der Waals surface area contributed by atoms with Crippen molar-refractivity contribution >= 4 is 0 Å². The zero-order chi connectivity index (χ0) is 34.2. The molecule has 2 atom stereocenters.